The average Bonchev–Trinajstić information content (AvgIpc) is 2.84. The lowest BCUT2D eigenvalue weighted by molar-refractivity contribution is 0.173. The Balaban J connectivity index is 2.11. The van der Waals surface area contributed by atoms with Crippen molar-refractivity contribution in [2.45, 2.75) is 44.8 Å². The Hall–Kier alpha value is -1.02. The highest BCUT2D eigenvalue weighted by atomic mass is 16.5. The van der Waals surface area contributed by atoms with Crippen molar-refractivity contribution < 1.29 is 4.74 Å². The maximum absolute atomic E-state index is 5.51. The molecule has 2 aliphatic rings. The lowest BCUT2D eigenvalue weighted by atomic mass is 9.91. The summed E-state index contributed by atoms with van der Waals surface area (Å²) in [5.74, 6) is 1.08. The van der Waals surface area contributed by atoms with Crippen LogP contribution in [0.1, 0.15) is 49.9 Å². The van der Waals surface area contributed by atoms with Crippen LogP contribution in [0.25, 0.3) is 0 Å². The summed E-state index contributed by atoms with van der Waals surface area (Å²) in [6, 6.07) is 8.34. The van der Waals surface area contributed by atoms with Crippen LogP contribution in [-0.2, 0) is 0 Å². The highest BCUT2D eigenvalue weighted by Crippen LogP contribution is 2.56. The Labute approximate surface area is 97.2 Å². The molecule has 2 unspecified atom stereocenters. The van der Waals surface area contributed by atoms with E-state index in [0.717, 1.165) is 5.75 Å². The van der Waals surface area contributed by atoms with Crippen LogP contribution in [-0.4, -0.2) is 18.1 Å². The van der Waals surface area contributed by atoms with E-state index in [-0.39, 0.29) is 0 Å². The van der Waals surface area contributed by atoms with E-state index in [1.807, 2.05) is 0 Å². The van der Waals surface area contributed by atoms with Gasteiger partial charge in [-0.05, 0) is 38.3 Å². The molecule has 0 radical (unpaired) electrons. The molecule has 86 valence electrons. The Kier molecular flexibility index (Phi) is 2.21. The van der Waals surface area contributed by atoms with Gasteiger partial charge in [0.15, 0.2) is 0 Å². The minimum absolute atomic E-state index is 0.594. The molecular weight excluding hydrogens is 198 g/mol. The lowest BCUT2D eigenvalue weighted by Gasteiger charge is -2.26. The maximum Gasteiger partial charge on any atom is 0.123 e. The largest absolute Gasteiger partial charge is 0.496 e. The number of nitrogens with zero attached hydrogens (tertiary/aromatic N) is 1. The Bertz CT molecular complexity index is 413. The van der Waals surface area contributed by atoms with Gasteiger partial charge in [0.2, 0.25) is 0 Å². The molecule has 1 aromatic rings. The van der Waals surface area contributed by atoms with Gasteiger partial charge >= 0.3 is 0 Å². The SMILES string of the molecule is COc1cccc2c1C1CCC2N1C(C)C. The number of fused-ring (bicyclic) bond motifs is 5. The summed E-state index contributed by atoms with van der Waals surface area (Å²) in [6.07, 6.45) is 2.60. The van der Waals surface area contributed by atoms with Gasteiger partial charge in [0.05, 0.1) is 7.11 Å². The van der Waals surface area contributed by atoms with Gasteiger partial charge < -0.3 is 4.74 Å². The molecule has 0 aliphatic carbocycles. The van der Waals surface area contributed by atoms with Crippen molar-refractivity contribution in [2.24, 2.45) is 0 Å². The predicted octanol–water partition coefficient (Wildman–Crippen LogP) is 3.30. The van der Waals surface area contributed by atoms with Gasteiger partial charge in [0.1, 0.15) is 5.75 Å². The second-order valence-corrected chi connectivity index (χ2v) is 5.11. The molecule has 0 saturated carbocycles. The van der Waals surface area contributed by atoms with Crippen LogP contribution < -0.4 is 4.74 Å². The number of hydrogen-bond acceptors (Lipinski definition) is 2. The zero-order chi connectivity index (χ0) is 11.3. The molecule has 2 heterocycles. The van der Waals surface area contributed by atoms with Crippen molar-refractivity contribution in [1.82, 2.24) is 4.90 Å². The molecule has 1 fully saturated rings. The van der Waals surface area contributed by atoms with E-state index in [4.69, 9.17) is 4.74 Å². The quantitative estimate of drug-likeness (QED) is 0.753. The van der Waals surface area contributed by atoms with E-state index < -0.39 is 0 Å². The number of benzene rings is 1. The van der Waals surface area contributed by atoms with Gasteiger partial charge in [-0.1, -0.05) is 12.1 Å². The zero-order valence-electron chi connectivity index (χ0n) is 10.2. The maximum atomic E-state index is 5.51. The summed E-state index contributed by atoms with van der Waals surface area (Å²) in [6.45, 7) is 4.59. The van der Waals surface area contributed by atoms with Crippen molar-refractivity contribution in [3.8, 4) is 5.75 Å². The molecule has 0 N–H and O–H groups in total. The third-order valence-electron chi connectivity index (χ3n) is 4.04. The van der Waals surface area contributed by atoms with Crippen LogP contribution in [0.15, 0.2) is 18.2 Å². The Morgan fingerprint density at radius 2 is 2.00 bits per heavy atom. The molecule has 0 spiro atoms. The van der Waals surface area contributed by atoms with Crippen LogP contribution in [0, 0.1) is 0 Å². The predicted molar refractivity (Wildman–Crippen MR) is 64.7 cm³/mol. The van der Waals surface area contributed by atoms with Crippen LogP contribution >= 0.6 is 0 Å². The standard InChI is InChI=1S/C14H19NO/c1-9(2)15-11-7-8-12(15)14-10(11)5-4-6-13(14)16-3/h4-6,9,11-12H,7-8H2,1-3H3. The highest BCUT2D eigenvalue weighted by molar-refractivity contribution is 5.49. The monoisotopic (exact) mass is 217 g/mol. The van der Waals surface area contributed by atoms with Crippen LogP contribution in [0.5, 0.6) is 5.75 Å². The first-order chi connectivity index (χ1) is 7.74. The smallest absolute Gasteiger partial charge is 0.123 e. The van der Waals surface area contributed by atoms with Crippen molar-refractivity contribution >= 4 is 0 Å². The second kappa shape index (κ2) is 3.49. The van der Waals surface area contributed by atoms with E-state index >= 15 is 0 Å². The van der Waals surface area contributed by atoms with E-state index in [1.54, 1.807) is 7.11 Å². The van der Waals surface area contributed by atoms with Crippen molar-refractivity contribution in [3.63, 3.8) is 0 Å². The zero-order valence-corrected chi connectivity index (χ0v) is 10.2. The first-order valence-corrected chi connectivity index (χ1v) is 6.18. The van der Waals surface area contributed by atoms with Crippen LogP contribution in [0.4, 0.5) is 0 Å². The van der Waals surface area contributed by atoms with Gasteiger partial charge in [-0.15, -0.1) is 0 Å². The fourth-order valence-electron chi connectivity index (χ4n) is 3.55. The van der Waals surface area contributed by atoms with Gasteiger partial charge in [-0.3, -0.25) is 4.90 Å². The molecular formula is C14H19NO. The van der Waals surface area contributed by atoms with Crippen molar-refractivity contribution in [3.05, 3.63) is 29.3 Å². The number of ether oxygens (including phenoxy) is 1. The Morgan fingerprint density at radius 3 is 2.69 bits per heavy atom. The topological polar surface area (TPSA) is 12.5 Å². The van der Waals surface area contributed by atoms with Gasteiger partial charge in [-0.25, -0.2) is 0 Å². The summed E-state index contributed by atoms with van der Waals surface area (Å²) in [5, 5.41) is 0. The number of methoxy groups -OCH3 is 1. The fourth-order valence-corrected chi connectivity index (χ4v) is 3.55. The molecule has 2 atom stereocenters. The lowest BCUT2D eigenvalue weighted by Crippen LogP contribution is -2.27. The molecule has 0 aromatic heterocycles. The van der Waals surface area contributed by atoms with Gasteiger partial charge in [0.25, 0.3) is 0 Å². The molecule has 16 heavy (non-hydrogen) atoms. The molecule has 1 saturated heterocycles. The molecule has 3 rings (SSSR count). The summed E-state index contributed by atoms with van der Waals surface area (Å²) in [7, 11) is 1.78. The third kappa shape index (κ3) is 1.17. The molecule has 2 heteroatoms. The number of hydrogen-bond donors (Lipinski definition) is 0. The summed E-state index contributed by atoms with van der Waals surface area (Å²) >= 11 is 0. The minimum Gasteiger partial charge on any atom is -0.496 e. The average molecular weight is 217 g/mol. The van der Waals surface area contributed by atoms with E-state index in [2.05, 4.69) is 36.9 Å². The fraction of sp³-hybridized carbons (Fsp3) is 0.571. The van der Waals surface area contributed by atoms with Crippen LogP contribution in [0.2, 0.25) is 0 Å². The molecule has 2 aliphatic heterocycles. The second-order valence-electron chi connectivity index (χ2n) is 5.11. The molecule has 2 bridgehead atoms. The first-order valence-electron chi connectivity index (χ1n) is 6.18. The molecule has 0 amide bonds. The highest BCUT2D eigenvalue weighted by Gasteiger charge is 2.46. The summed E-state index contributed by atoms with van der Waals surface area (Å²) in [5.41, 5.74) is 2.96. The molecule has 1 aromatic carbocycles. The molecule has 2 nitrogen and oxygen atoms in total. The third-order valence-corrected chi connectivity index (χ3v) is 4.04. The van der Waals surface area contributed by atoms with Crippen molar-refractivity contribution in [1.29, 1.82) is 0 Å². The van der Waals surface area contributed by atoms with Crippen molar-refractivity contribution in [2.75, 3.05) is 7.11 Å². The van der Waals surface area contributed by atoms with E-state index in [0.29, 0.717) is 18.1 Å². The Morgan fingerprint density at radius 1 is 1.25 bits per heavy atom. The number of rotatable bonds is 2. The first kappa shape index (κ1) is 10.2. The van der Waals surface area contributed by atoms with Gasteiger partial charge in [-0.2, -0.15) is 0 Å². The normalized spacial score (nSPS) is 27.5. The minimum atomic E-state index is 0.594. The summed E-state index contributed by atoms with van der Waals surface area (Å²) < 4.78 is 5.51. The van der Waals surface area contributed by atoms with Gasteiger partial charge in [0, 0.05) is 23.7 Å². The van der Waals surface area contributed by atoms with E-state index in [9.17, 15) is 0 Å². The van der Waals surface area contributed by atoms with E-state index in [1.165, 1.54) is 24.0 Å². The summed E-state index contributed by atoms with van der Waals surface area (Å²) in [4.78, 5) is 2.65. The van der Waals surface area contributed by atoms with Crippen LogP contribution in [0.3, 0.4) is 0 Å².